The van der Waals surface area contributed by atoms with E-state index in [4.69, 9.17) is 0 Å². The molecule has 1 aliphatic heterocycles. The number of nitro groups is 1. The van der Waals surface area contributed by atoms with Crippen LogP contribution in [0.4, 0.5) is 18.9 Å². The zero-order valence-electron chi connectivity index (χ0n) is 16.3. The second-order valence-electron chi connectivity index (χ2n) is 7.07. The summed E-state index contributed by atoms with van der Waals surface area (Å²) in [6, 6.07) is 5.60. The number of hydrogen-bond donors (Lipinski definition) is 1. The summed E-state index contributed by atoms with van der Waals surface area (Å²) in [5.74, 6) is -1.10. The molecule has 2 aromatic rings. The molecule has 12 heteroatoms. The Bertz CT molecular complexity index is 1050. The van der Waals surface area contributed by atoms with Gasteiger partial charge in [0.25, 0.3) is 11.6 Å². The minimum absolute atomic E-state index is 0.0223. The number of hydrazone groups is 1. The average molecular weight is 425 g/mol. The maximum Gasteiger partial charge on any atom is 0.438 e. The summed E-state index contributed by atoms with van der Waals surface area (Å²) < 4.78 is 41.3. The summed E-state index contributed by atoms with van der Waals surface area (Å²) in [6.07, 6.45) is -5.90. The van der Waals surface area contributed by atoms with Gasteiger partial charge in [0.15, 0.2) is 0 Å². The molecule has 0 bridgehead atoms. The van der Waals surface area contributed by atoms with Crippen LogP contribution >= 0.6 is 0 Å². The van der Waals surface area contributed by atoms with E-state index in [2.05, 4.69) is 10.2 Å². The molecule has 0 spiro atoms. The Labute approximate surface area is 168 Å². The Hall–Kier alpha value is -3.28. The molecule has 1 aliphatic rings. The fraction of sp³-hybridized carbons (Fsp3) is 0.389. The molecule has 0 radical (unpaired) electrons. The monoisotopic (exact) mass is 425 g/mol. The number of rotatable bonds is 4. The molecular weight excluding hydrogens is 407 g/mol. The van der Waals surface area contributed by atoms with Crippen molar-refractivity contribution in [1.29, 1.82) is 0 Å². The van der Waals surface area contributed by atoms with Gasteiger partial charge in [-0.25, -0.2) is 0 Å². The van der Waals surface area contributed by atoms with Gasteiger partial charge in [0.1, 0.15) is 11.4 Å². The van der Waals surface area contributed by atoms with E-state index in [-0.39, 0.29) is 34.2 Å². The Morgan fingerprint density at radius 1 is 1.27 bits per heavy atom. The molecule has 30 heavy (non-hydrogen) atoms. The molecule has 1 aromatic heterocycles. The quantitative estimate of drug-likeness (QED) is 0.598. The van der Waals surface area contributed by atoms with E-state index in [1.54, 1.807) is 6.92 Å². The van der Waals surface area contributed by atoms with Crippen LogP contribution in [0.25, 0.3) is 0 Å². The van der Waals surface area contributed by atoms with Gasteiger partial charge in [-0.15, -0.1) is 0 Å². The van der Waals surface area contributed by atoms with Crippen molar-refractivity contribution in [2.24, 2.45) is 5.10 Å². The summed E-state index contributed by atoms with van der Waals surface area (Å²) in [5, 5.41) is 28.9. The molecule has 1 atom stereocenters. The zero-order chi connectivity index (χ0) is 22.4. The number of aromatic nitrogens is 2. The van der Waals surface area contributed by atoms with Crippen LogP contribution in [0, 0.1) is 24.0 Å². The largest absolute Gasteiger partial charge is 0.438 e. The SMILES string of the molecule is CC1=NN(C(=O)c2ccc(Cn3nc(C)c([N+](=O)[O-])c3C)cc2)[C@](O)(C(F)(F)F)C1. The molecule has 0 saturated carbocycles. The summed E-state index contributed by atoms with van der Waals surface area (Å²) in [4.78, 5) is 23.1. The van der Waals surface area contributed by atoms with Crippen molar-refractivity contribution in [2.45, 2.75) is 45.6 Å². The van der Waals surface area contributed by atoms with Gasteiger partial charge in [-0.1, -0.05) is 12.1 Å². The first-order valence-corrected chi connectivity index (χ1v) is 8.80. The molecule has 0 fully saturated rings. The molecule has 2 heterocycles. The molecule has 160 valence electrons. The Balaban J connectivity index is 1.83. The standard InChI is InChI=1S/C18H18F3N5O4/c1-10-8-17(28,18(19,20)21)25(22-10)16(27)14-6-4-13(5-7-14)9-24-12(3)15(26(29)30)11(2)23-24/h4-7,28H,8-9H2,1-3H3/t17-/m1/s1. The van der Waals surface area contributed by atoms with E-state index in [0.717, 1.165) is 0 Å². The number of carbonyl (C=O) groups is 1. The van der Waals surface area contributed by atoms with Crippen LogP contribution in [0.1, 0.15) is 40.7 Å². The molecule has 1 N–H and O–H groups in total. The lowest BCUT2D eigenvalue weighted by Gasteiger charge is -2.32. The molecular formula is C18H18F3N5O4. The predicted molar refractivity (Wildman–Crippen MR) is 98.8 cm³/mol. The molecule has 1 amide bonds. The number of benzene rings is 1. The lowest BCUT2D eigenvalue weighted by Crippen LogP contribution is -2.56. The van der Waals surface area contributed by atoms with E-state index >= 15 is 0 Å². The normalized spacial score (nSPS) is 19.2. The zero-order valence-corrected chi connectivity index (χ0v) is 16.3. The highest BCUT2D eigenvalue weighted by Gasteiger charge is 2.62. The molecule has 0 unspecified atom stereocenters. The van der Waals surface area contributed by atoms with E-state index in [1.807, 2.05) is 0 Å². The predicted octanol–water partition coefficient (Wildman–Crippen LogP) is 2.93. The van der Waals surface area contributed by atoms with Crippen LogP contribution in [-0.4, -0.2) is 48.3 Å². The Morgan fingerprint density at radius 3 is 2.37 bits per heavy atom. The first kappa shape index (κ1) is 21.4. The van der Waals surface area contributed by atoms with E-state index in [1.165, 1.54) is 42.8 Å². The van der Waals surface area contributed by atoms with Crippen molar-refractivity contribution >= 4 is 17.3 Å². The lowest BCUT2D eigenvalue weighted by atomic mass is 10.1. The second kappa shape index (κ2) is 7.20. The van der Waals surface area contributed by atoms with Gasteiger partial charge in [-0.3, -0.25) is 19.6 Å². The third kappa shape index (κ3) is 3.54. The third-order valence-electron chi connectivity index (χ3n) is 4.83. The minimum atomic E-state index is -5.08. The van der Waals surface area contributed by atoms with E-state index < -0.39 is 29.2 Å². The van der Waals surface area contributed by atoms with Crippen molar-refractivity contribution in [3.8, 4) is 0 Å². The average Bonchev–Trinajstić information content (AvgIpc) is 3.10. The molecule has 1 aromatic carbocycles. The van der Waals surface area contributed by atoms with Crippen LogP contribution in [0.2, 0.25) is 0 Å². The highest BCUT2D eigenvalue weighted by molar-refractivity contribution is 5.97. The Kier molecular flexibility index (Phi) is 5.14. The number of carbonyl (C=O) groups excluding carboxylic acids is 1. The van der Waals surface area contributed by atoms with Crippen molar-refractivity contribution in [1.82, 2.24) is 14.8 Å². The highest BCUT2D eigenvalue weighted by Crippen LogP contribution is 2.40. The van der Waals surface area contributed by atoms with Crippen LogP contribution in [0.15, 0.2) is 29.4 Å². The first-order valence-electron chi connectivity index (χ1n) is 8.80. The number of nitrogens with zero attached hydrogens (tertiary/aromatic N) is 5. The number of hydrogen-bond acceptors (Lipinski definition) is 6. The van der Waals surface area contributed by atoms with Crippen molar-refractivity contribution in [2.75, 3.05) is 0 Å². The van der Waals surface area contributed by atoms with Crippen LogP contribution in [0.3, 0.4) is 0 Å². The third-order valence-corrected chi connectivity index (χ3v) is 4.83. The van der Waals surface area contributed by atoms with Gasteiger partial charge in [0.05, 0.1) is 11.5 Å². The number of halogens is 3. The molecule has 0 saturated heterocycles. The van der Waals surface area contributed by atoms with Crippen LogP contribution in [0.5, 0.6) is 0 Å². The lowest BCUT2D eigenvalue weighted by molar-refractivity contribution is -0.386. The molecule has 0 aliphatic carbocycles. The number of amides is 1. The summed E-state index contributed by atoms with van der Waals surface area (Å²) in [6.45, 7) is 4.54. The smallest absolute Gasteiger partial charge is 0.362 e. The number of aliphatic hydroxyl groups is 1. The van der Waals surface area contributed by atoms with Gasteiger partial charge >= 0.3 is 11.9 Å². The summed E-state index contributed by atoms with van der Waals surface area (Å²) >= 11 is 0. The van der Waals surface area contributed by atoms with Crippen LogP contribution < -0.4 is 0 Å². The van der Waals surface area contributed by atoms with Gasteiger partial charge < -0.3 is 5.11 Å². The first-order chi connectivity index (χ1) is 13.8. The second-order valence-corrected chi connectivity index (χ2v) is 7.07. The fourth-order valence-electron chi connectivity index (χ4n) is 3.31. The highest BCUT2D eigenvalue weighted by atomic mass is 19.4. The van der Waals surface area contributed by atoms with Gasteiger partial charge in [0, 0.05) is 17.7 Å². The van der Waals surface area contributed by atoms with Gasteiger partial charge in [0.2, 0.25) is 0 Å². The molecule has 3 rings (SSSR count). The van der Waals surface area contributed by atoms with E-state index in [0.29, 0.717) is 11.3 Å². The van der Waals surface area contributed by atoms with Crippen LogP contribution in [-0.2, 0) is 6.54 Å². The summed E-state index contributed by atoms with van der Waals surface area (Å²) in [5.41, 5.74) is -2.36. The van der Waals surface area contributed by atoms with Gasteiger partial charge in [-0.05, 0) is 38.5 Å². The fourth-order valence-corrected chi connectivity index (χ4v) is 3.31. The van der Waals surface area contributed by atoms with Crippen molar-refractivity contribution in [3.63, 3.8) is 0 Å². The number of aryl methyl sites for hydroxylation is 1. The minimum Gasteiger partial charge on any atom is -0.362 e. The van der Waals surface area contributed by atoms with Crippen molar-refractivity contribution < 1.29 is 28.0 Å². The number of alkyl halides is 3. The van der Waals surface area contributed by atoms with Gasteiger partial charge in [-0.2, -0.15) is 28.4 Å². The Morgan fingerprint density at radius 2 is 1.87 bits per heavy atom. The van der Waals surface area contributed by atoms with E-state index in [9.17, 15) is 33.2 Å². The van der Waals surface area contributed by atoms with Crippen molar-refractivity contribution in [3.05, 3.63) is 56.9 Å². The maximum absolute atomic E-state index is 13.3. The molecule has 9 nitrogen and oxygen atoms in total. The topological polar surface area (TPSA) is 114 Å². The maximum atomic E-state index is 13.3. The summed E-state index contributed by atoms with van der Waals surface area (Å²) in [7, 11) is 0.